The van der Waals surface area contributed by atoms with Crippen molar-refractivity contribution in [2.45, 2.75) is 65.5 Å². The van der Waals surface area contributed by atoms with Crippen LogP contribution in [0.2, 0.25) is 0 Å². The number of carbonyl (C=O) groups is 1. The van der Waals surface area contributed by atoms with Gasteiger partial charge in [0.05, 0.1) is 11.5 Å². The largest absolute Gasteiger partial charge is 0.340 e. The second-order valence-electron chi connectivity index (χ2n) is 9.17. The third-order valence-electron chi connectivity index (χ3n) is 6.69. The molecule has 37 heavy (non-hydrogen) atoms. The lowest BCUT2D eigenvalue weighted by atomic mass is 9.82. The summed E-state index contributed by atoms with van der Waals surface area (Å²) in [6.45, 7) is 14.8. The molecule has 2 atom stereocenters. The van der Waals surface area contributed by atoms with Crippen LogP contribution < -0.4 is 0 Å². The van der Waals surface area contributed by atoms with Gasteiger partial charge in [-0.25, -0.2) is 0 Å². The molecule has 3 aromatic rings. The quantitative estimate of drug-likeness (QED) is 0.207. The Bertz CT molecular complexity index is 993. The number of carbonyl (C=O) groups excluding carboxylic acids is 1. The highest BCUT2D eigenvalue weighted by Gasteiger charge is 2.42. The van der Waals surface area contributed by atoms with Crippen LogP contribution in [0.4, 0.5) is 0 Å². The minimum absolute atomic E-state index is 0.140. The zero-order valence-electron chi connectivity index (χ0n) is 24.1. The third-order valence-corrected chi connectivity index (χ3v) is 6.69. The van der Waals surface area contributed by atoms with Crippen LogP contribution in [0.1, 0.15) is 64.2 Å². The summed E-state index contributed by atoms with van der Waals surface area (Å²) in [6.07, 6.45) is 0. The topological polar surface area (TPSA) is 23.6 Å². The van der Waals surface area contributed by atoms with Crippen molar-refractivity contribution in [3.05, 3.63) is 108 Å². The number of likely N-dealkylation sites (N-methyl/N-ethyl adjacent to an activating group) is 1. The normalized spacial score (nSPS) is 16.7. The Balaban J connectivity index is 0.00000106. The van der Waals surface area contributed by atoms with Crippen LogP contribution in [0.3, 0.4) is 0 Å². The van der Waals surface area contributed by atoms with Gasteiger partial charge in [0.2, 0.25) is 5.91 Å². The summed E-state index contributed by atoms with van der Waals surface area (Å²) < 4.78 is 0. The maximum atomic E-state index is 13.7. The lowest BCUT2D eigenvalue weighted by Crippen LogP contribution is -2.48. The average Bonchev–Trinajstić information content (AvgIpc) is 3.40. The van der Waals surface area contributed by atoms with Crippen molar-refractivity contribution in [3.8, 4) is 0 Å². The molecule has 0 unspecified atom stereocenters. The Kier molecular flexibility index (Phi) is 15.4. The first-order valence-corrected chi connectivity index (χ1v) is 15.6. The fourth-order valence-corrected chi connectivity index (χ4v) is 4.83. The number of hydrogen-bond donors (Lipinski definition) is 0. The summed E-state index contributed by atoms with van der Waals surface area (Å²) in [6, 6.07) is 31.5. The standard InChI is InChI=1S/C28H32N2O.2C2H6.CH3I/c1-28(2,24-17-11-6-12-18-24)27(31)29(3)26-21-30(19-22-13-7-4-8-14-22)20-25(26)23-15-9-5-10-16-23;3*1-2/h4-18,25-26H,19-21H2,1-3H3;2*1-2H3;1H3/t25-,26+;;;/m0.../s1. The van der Waals surface area contributed by atoms with Gasteiger partial charge in [-0.15, -0.1) is 0 Å². The first kappa shape index (κ1) is 32.8. The molecular formula is C33H47IN2O. The molecule has 1 saturated heterocycles. The van der Waals surface area contributed by atoms with Crippen LogP contribution in [0.15, 0.2) is 91.0 Å². The second kappa shape index (κ2) is 17.4. The Labute approximate surface area is 240 Å². The van der Waals surface area contributed by atoms with Gasteiger partial charge in [0.15, 0.2) is 0 Å². The van der Waals surface area contributed by atoms with Crippen molar-refractivity contribution in [1.82, 2.24) is 9.80 Å². The van der Waals surface area contributed by atoms with Gasteiger partial charge in [0, 0.05) is 32.6 Å². The minimum atomic E-state index is -0.565. The Morgan fingerprint density at radius 1 is 0.811 bits per heavy atom. The molecule has 0 aliphatic carbocycles. The zero-order chi connectivity index (χ0) is 27.8. The third kappa shape index (κ3) is 8.96. The van der Waals surface area contributed by atoms with Gasteiger partial charge in [-0.3, -0.25) is 9.69 Å². The predicted octanol–water partition coefficient (Wildman–Crippen LogP) is 8.19. The number of halogens is 1. The van der Waals surface area contributed by atoms with Gasteiger partial charge in [-0.05, 0) is 35.5 Å². The van der Waals surface area contributed by atoms with Gasteiger partial charge in [-0.1, -0.05) is 141 Å². The lowest BCUT2D eigenvalue weighted by molar-refractivity contribution is -0.137. The molecule has 1 fully saturated rings. The van der Waals surface area contributed by atoms with Crippen molar-refractivity contribution in [2.75, 3.05) is 25.1 Å². The number of benzene rings is 3. The molecule has 202 valence electrons. The van der Waals surface area contributed by atoms with Crippen LogP contribution in [0.5, 0.6) is 0 Å². The molecule has 4 rings (SSSR count). The molecule has 3 nitrogen and oxygen atoms in total. The molecule has 0 spiro atoms. The molecule has 0 bridgehead atoms. The molecule has 1 heterocycles. The van der Waals surface area contributed by atoms with E-state index in [4.69, 9.17) is 0 Å². The smallest absolute Gasteiger partial charge is 0.232 e. The van der Waals surface area contributed by atoms with Gasteiger partial charge in [-0.2, -0.15) is 0 Å². The first-order chi connectivity index (χ1) is 18.0. The Hall–Kier alpha value is -2.18. The predicted molar refractivity (Wildman–Crippen MR) is 170 cm³/mol. The maximum Gasteiger partial charge on any atom is 0.232 e. The highest BCUT2D eigenvalue weighted by Crippen LogP contribution is 2.34. The number of hydrogen-bond acceptors (Lipinski definition) is 2. The fraction of sp³-hybridized carbons (Fsp3) is 0.424. The summed E-state index contributed by atoms with van der Waals surface area (Å²) in [5.41, 5.74) is 3.11. The molecule has 3 aromatic carbocycles. The van der Waals surface area contributed by atoms with E-state index in [-0.39, 0.29) is 11.9 Å². The van der Waals surface area contributed by atoms with E-state index in [0.29, 0.717) is 5.92 Å². The van der Waals surface area contributed by atoms with Crippen molar-refractivity contribution in [3.63, 3.8) is 0 Å². The van der Waals surface area contributed by atoms with E-state index >= 15 is 0 Å². The minimum Gasteiger partial charge on any atom is -0.340 e. The van der Waals surface area contributed by atoms with E-state index in [1.807, 2.05) is 76.6 Å². The summed E-state index contributed by atoms with van der Waals surface area (Å²) >= 11 is 2.15. The Morgan fingerprint density at radius 2 is 1.27 bits per heavy atom. The molecule has 0 N–H and O–H groups in total. The molecule has 1 aliphatic rings. The van der Waals surface area contributed by atoms with E-state index in [9.17, 15) is 4.79 Å². The van der Waals surface area contributed by atoms with Crippen molar-refractivity contribution in [1.29, 1.82) is 0 Å². The SMILES string of the molecule is CC.CC.CI.CN(C(=O)C(C)(C)c1ccccc1)[C@@H]1CN(Cc2ccccc2)C[C@H]1c1ccccc1. The van der Waals surface area contributed by atoms with Crippen molar-refractivity contribution >= 4 is 28.5 Å². The van der Waals surface area contributed by atoms with Crippen LogP contribution in [0.25, 0.3) is 0 Å². The highest BCUT2D eigenvalue weighted by atomic mass is 127. The molecule has 4 heteroatoms. The van der Waals surface area contributed by atoms with Crippen LogP contribution >= 0.6 is 22.6 Å². The summed E-state index contributed by atoms with van der Waals surface area (Å²) in [4.78, 5) is 20.2. The summed E-state index contributed by atoms with van der Waals surface area (Å²) in [7, 11) is 1.99. The number of nitrogens with zero attached hydrogens (tertiary/aromatic N) is 2. The van der Waals surface area contributed by atoms with Crippen molar-refractivity contribution in [2.24, 2.45) is 0 Å². The molecule has 1 aliphatic heterocycles. The second-order valence-corrected chi connectivity index (χ2v) is 9.17. The van der Waals surface area contributed by atoms with Gasteiger partial charge in [0.1, 0.15) is 0 Å². The highest BCUT2D eigenvalue weighted by molar-refractivity contribution is 14.1. The van der Waals surface area contributed by atoms with E-state index in [2.05, 4.69) is 100 Å². The number of likely N-dealkylation sites (tertiary alicyclic amines) is 1. The summed E-state index contributed by atoms with van der Waals surface area (Å²) in [5, 5.41) is 0. The van der Waals surface area contributed by atoms with E-state index < -0.39 is 5.41 Å². The first-order valence-electron chi connectivity index (χ1n) is 13.5. The van der Waals surface area contributed by atoms with Crippen LogP contribution in [0, 0.1) is 0 Å². The Morgan fingerprint density at radius 3 is 1.78 bits per heavy atom. The van der Waals surface area contributed by atoms with E-state index in [1.54, 1.807) is 0 Å². The molecular weight excluding hydrogens is 567 g/mol. The molecule has 0 aromatic heterocycles. The van der Waals surface area contributed by atoms with E-state index in [1.165, 1.54) is 11.1 Å². The van der Waals surface area contributed by atoms with Crippen molar-refractivity contribution < 1.29 is 4.79 Å². The fourth-order valence-electron chi connectivity index (χ4n) is 4.83. The number of rotatable bonds is 6. The van der Waals surface area contributed by atoms with Gasteiger partial charge in [0.25, 0.3) is 0 Å². The number of alkyl halides is 1. The molecule has 0 radical (unpaired) electrons. The lowest BCUT2D eigenvalue weighted by Gasteiger charge is -2.36. The molecule has 1 amide bonds. The summed E-state index contributed by atoms with van der Waals surface area (Å²) in [5.74, 6) is 0.469. The monoisotopic (exact) mass is 614 g/mol. The van der Waals surface area contributed by atoms with Gasteiger partial charge >= 0.3 is 0 Å². The molecule has 0 saturated carbocycles. The maximum absolute atomic E-state index is 13.7. The number of amides is 1. The zero-order valence-corrected chi connectivity index (χ0v) is 26.3. The van der Waals surface area contributed by atoms with Crippen LogP contribution in [-0.2, 0) is 16.8 Å². The van der Waals surface area contributed by atoms with Crippen LogP contribution in [-0.4, -0.2) is 46.8 Å². The van der Waals surface area contributed by atoms with Gasteiger partial charge < -0.3 is 4.90 Å². The average molecular weight is 615 g/mol. The van der Waals surface area contributed by atoms with E-state index in [0.717, 1.165) is 25.2 Å².